The molecular formula is C21H19N3O4. The van der Waals surface area contributed by atoms with E-state index in [9.17, 15) is 19.5 Å². The highest BCUT2D eigenvalue weighted by Crippen LogP contribution is 2.19. The van der Waals surface area contributed by atoms with E-state index in [1.165, 1.54) is 11.0 Å². The maximum Gasteiger partial charge on any atom is 0.296 e. The number of hydrogen-bond acceptors (Lipinski definition) is 4. The standard InChI is InChI=1S/C21H19N3O4/c25-18-8-4-2-6-15(18)20(27)23-9-11-24(12-10-23)21(28)19(26)17-13-14-5-1-3-7-16(14)22-17/h1-8,13,22,25H,9-12H2. The average Bonchev–Trinajstić information content (AvgIpc) is 3.17. The number of aromatic nitrogens is 1. The highest BCUT2D eigenvalue weighted by molar-refractivity contribution is 6.42. The molecule has 0 bridgehead atoms. The van der Waals surface area contributed by atoms with E-state index in [0.29, 0.717) is 13.1 Å². The van der Waals surface area contributed by atoms with Gasteiger partial charge in [0.05, 0.1) is 11.3 Å². The van der Waals surface area contributed by atoms with Crippen molar-refractivity contribution in [1.29, 1.82) is 0 Å². The summed E-state index contributed by atoms with van der Waals surface area (Å²) >= 11 is 0. The van der Waals surface area contributed by atoms with Crippen molar-refractivity contribution in [3.63, 3.8) is 0 Å². The van der Waals surface area contributed by atoms with Crippen LogP contribution in [0.2, 0.25) is 0 Å². The number of nitrogens with one attached hydrogen (secondary N) is 1. The number of carbonyl (C=O) groups is 3. The first-order valence-electron chi connectivity index (χ1n) is 9.03. The fourth-order valence-electron chi connectivity index (χ4n) is 3.39. The van der Waals surface area contributed by atoms with Crippen LogP contribution in [0.5, 0.6) is 5.75 Å². The molecule has 0 radical (unpaired) electrons. The number of aromatic amines is 1. The summed E-state index contributed by atoms with van der Waals surface area (Å²) in [5.74, 6) is -1.52. The van der Waals surface area contributed by atoms with Gasteiger partial charge in [0.25, 0.3) is 17.6 Å². The van der Waals surface area contributed by atoms with Crippen LogP contribution < -0.4 is 0 Å². The Morgan fingerprint density at radius 2 is 1.50 bits per heavy atom. The molecule has 28 heavy (non-hydrogen) atoms. The zero-order valence-corrected chi connectivity index (χ0v) is 15.1. The molecule has 2 heterocycles. The Labute approximate surface area is 161 Å². The normalized spacial score (nSPS) is 14.3. The molecule has 4 rings (SSSR count). The van der Waals surface area contributed by atoms with Crippen LogP contribution in [-0.2, 0) is 4.79 Å². The molecule has 0 aliphatic carbocycles. The minimum atomic E-state index is -0.586. The summed E-state index contributed by atoms with van der Waals surface area (Å²) in [6, 6.07) is 15.5. The molecule has 2 N–H and O–H groups in total. The fraction of sp³-hybridized carbons (Fsp3) is 0.190. The van der Waals surface area contributed by atoms with E-state index in [-0.39, 0.29) is 36.0 Å². The number of phenolic OH excluding ortho intramolecular Hbond substituents is 1. The van der Waals surface area contributed by atoms with Crippen molar-refractivity contribution < 1.29 is 19.5 Å². The van der Waals surface area contributed by atoms with Crippen LogP contribution in [0.4, 0.5) is 0 Å². The number of ketones is 1. The number of phenols is 1. The molecule has 2 amide bonds. The second kappa shape index (κ2) is 7.19. The second-order valence-corrected chi connectivity index (χ2v) is 6.70. The van der Waals surface area contributed by atoms with E-state index in [1.807, 2.05) is 24.3 Å². The number of carbonyl (C=O) groups excluding carboxylic acids is 3. The predicted octanol–water partition coefficient (Wildman–Crippen LogP) is 2.04. The first kappa shape index (κ1) is 17.8. The van der Waals surface area contributed by atoms with Gasteiger partial charge in [-0.1, -0.05) is 30.3 Å². The Morgan fingerprint density at radius 3 is 2.21 bits per heavy atom. The molecular weight excluding hydrogens is 358 g/mol. The van der Waals surface area contributed by atoms with Crippen LogP contribution in [0.25, 0.3) is 10.9 Å². The van der Waals surface area contributed by atoms with Crippen molar-refractivity contribution >= 4 is 28.5 Å². The van der Waals surface area contributed by atoms with Crippen molar-refractivity contribution in [3.8, 4) is 5.75 Å². The van der Waals surface area contributed by atoms with Gasteiger partial charge < -0.3 is 19.9 Å². The number of fused-ring (bicyclic) bond motifs is 1. The van der Waals surface area contributed by atoms with Crippen molar-refractivity contribution in [2.45, 2.75) is 0 Å². The first-order chi connectivity index (χ1) is 13.5. The third-order valence-corrected chi connectivity index (χ3v) is 4.96. The summed E-state index contributed by atoms with van der Waals surface area (Å²) in [6.45, 7) is 1.14. The van der Waals surface area contributed by atoms with Crippen LogP contribution in [0.3, 0.4) is 0 Å². The van der Waals surface area contributed by atoms with Gasteiger partial charge in [-0.05, 0) is 24.3 Å². The van der Waals surface area contributed by atoms with Crippen LogP contribution in [0.1, 0.15) is 20.8 Å². The third kappa shape index (κ3) is 3.22. The molecule has 1 aliphatic rings. The van der Waals surface area contributed by atoms with Gasteiger partial charge in [-0.3, -0.25) is 14.4 Å². The lowest BCUT2D eigenvalue weighted by Gasteiger charge is -2.34. The summed E-state index contributed by atoms with van der Waals surface area (Å²) in [6.07, 6.45) is 0. The van der Waals surface area contributed by atoms with Crippen LogP contribution in [-0.4, -0.2) is 63.7 Å². The second-order valence-electron chi connectivity index (χ2n) is 6.70. The number of amides is 2. The molecule has 0 atom stereocenters. The Bertz CT molecular complexity index is 1030. The van der Waals surface area contributed by atoms with Gasteiger partial charge in [0.15, 0.2) is 0 Å². The van der Waals surface area contributed by atoms with E-state index in [2.05, 4.69) is 4.98 Å². The number of nitrogens with zero attached hydrogens (tertiary/aromatic N) is 2. The molecule has 1 fully saturated rings. The van der Waals surface area contributed by atoms with E-state index >= 15 is 0 Å². The van der Waals surface area contributed by atoms with Crippen molar-refractivity contribution in [2.24, 2.45) is 0 Å². The van der Waals surface area contributed by atoms with Gasteiger partial charge >= 0.3 is 0 Å². The van der Waals surface area contributed by atoms with Gasteiger partial charge in [-0.15, -0.1) is 0 Å². The number of benzene rings is 2. The third-order valence-electron chi connectivity index (χ3n) is 4.96. The molecule has 7 nitrogen and oxygen atoms in total. The number of Topliss-reactive ketones (excluding diaryl/α,β-unsaturated/α-hetero) is 1. The summed E-state index contributed by atoms with van der Waals surface area (Å²) in [5.41, 5.74) is 1.30. The highest BCUT2D eigenvalue weighted by atomic mass is 16.3. The SMILES string of the molecule is O=C(C(=O)N1CCN(C(=O)c2ccccc2O)CC1)c1cc2ccccc2[nH]1. The molecule has 0 spiro atoms. The first-order valence-corrected chi connectivity index (χ1v) is 9.03. The molecule has 3 aromatic rings. The molecule has 2 aromatic carbocycles. The minimum absolute atomic E-state index is 0.0694. The lowest BCUT2D eigenvalue weighted by atomic mass is 10.1. The van der Waals surface area contributed by atoms with E-state index in [4.69, 9.17) is 0 Å². The number of para-hydroxylation sites is 2. The summed E-state index contributed by atoms with van der Waals surface area (Å²) < 4.78 is 0. The van der Waals surface area contributed by atoms with Gasteiger partial charge in [-0.2, -0.15) is 0 Å². The lowest BCUT2D eigenvalue weighted by molar-refractivity contribution is -0.127. The Kier molecular flexibility index (Phi) is 4.57. The smallest absolute Gasteiger partial charge is 0.296 e. The molecule has 0 unspecified atom stereocenters. The largest absolute Gasteiger partial charge is 0.507 e. The van der Waals surface area contributed by atoms with Crippen molar-refractivity contribution in [2.75, 3.05) is 26.2 Å². The summed E-state index contributed by atoms with van der Waals surface area (Å²) in [7, 11) is 0. The Morgan fingerprint density at radius 1 is 0.857 bits per heavy atom. The van der Waals surface area contributed by atoms with E-state index < -0.39 is 11.7 Å². The van der Waals surface area contributed by atoms with Crippen molar-refractivity contribution in [3.05, 3.63) is 65.9 Å². The maximum absolute atomic E-state index is 12.6. The summed E-state index contributed by atoms with van der Waals surface area (Å²) in [4.78, 5) is 43.7. The zero-order chi connectivity index (χ0) is 19.7. The Balaban J connectivity index is 1.41. The average molecular weight is 377 g/mol. The summed E-state index contributed by atoms with van der Waals surface area (Å²) in [5, 5.41) is 10.7. The molecule has 7 heteroatoms. The number of hydrogen-bond donors (Lipinski definition) is 2. The van der Waals surface area contributed by atoms with Crippen molar-refractivity contribution in [1.82, 2.24) is 14.8 Å². The fourth-order valence-corrected chi connectivity index (χ4v) is 3.39. The number of piperazine rings is 1. The van der Waals surface area contributed by atoms with E-state index in [0.717, 1.165) is 10.9 Å². The molecule has 0 saturated carbocycles. The van der Waals surface area contributed by atoms with Crippen LogP contribution >= 0.6 is 0 Å². The highest BCUT2D eigenvalue weighted by Gasteiger charge is 2.30. The van der Waals surface area contributed by atoms with Gasteiger partial charge in [0, 0.05) is 37.1 Å². The number of rotatable bonds is 3. The quantitative estimate of drug-likeness (QED) is 0.540. The topological polar surface area (TPSA) is 93.7 Å². The minimum Gasteiger partial charge on any atom is -0.507 e. The van der Waals surface area contributed by atoms with Crippen LogP contribution in [0, 0.1) is 0 Å². The predicted molar refractivity (Wildman–Crippen MR) is 103 cm³/mol. The van der Waals surface area contributed by atoms with Gasteiger partial charge in [-0.25, -0.2) is 0 Å². The maximum atomic E-state index is 12.6. The monoisotopic (exact) mass is 377 g/mol. The molecule has 1 aromatic heterocycles. The Hall–Kier alpha value is -3.61. The number of aromatic hydroxyl groups is 1. The molecule has 1 saturated heterocycles. The van der Waals surface area contributed by atoms with E-state index in [1.54, 1.807) is 29.2 Å². The lowest BCUT2D eigenvalue weighted by Crippen LogP contribution is -2.52. The number of H-pyrrole nitrogens is 1. The molecule has 142 valence electrons. The van der Waals surface area contributed by atoms with Gasteiger partial charge in [0.2, 0.25) is 0 Å². The zero-order valence-electron chi connectivity index (χ0n) is 15.1. The van der Waals surface area contributed by atoms with Gasteiger partial charge in [0.1, 0.15) is 5.75 Å². The molecule has 1 aliphatic heterocycles. The van der Waals surface area contributed by atoms with Crippen LogP contribution in [0.15, 0.2) is 54.6 Å².